The van der Waals surface area contributed by atoms with E-state index in [4.69, 9.17) is 0 Å². The summed E-state index contributed by atoms with van der Waals surface area (Å²) in [5.41, 5.74) is 1.12. The molecule has 0 bridgehead atoms. The van der Waals surface area contributed by atoms with E-state index in [-0.39, 0.29) is 11.4 Å². The summed E-state index contributed by atoms with van der Waals surface area (Å²) in [7, 11) is 0. The monoisotopic (exact) mass is 276 g/mol. The van der Waals surface area contributed by atoms with Gasteiger partial charge in [0.2, 0.25) is 5.91 Å². The fraction of sp³-hybridized carbons (Fsp3) is 0.588. The predicted molar refractivity (Wildman–Crippen MR) is 84.5 cm³/mol. The van der Waals surface area contributed by atoms with Gasteiger partial charge in [0.05, 0.1) is 0 Å². The van der Waals surface area contributed by atoms with E-state index < -0.39 is 0 Å². The second-order valence-corrected chi connectivity index (χ2v) is 6.63. The number of benzene rings is 1. The lowest BCUT2D eigenvalue weighted by atomic mass is 9.96. The lowest BCUT2D eigenvalue weighted by Gasteiger charge is -2.24. The summed E-state index contributed by atoms with van der Waals surface area (Å²) < 4.78 is 0. The van der Waals surface area contributed by atoms with Gasteiger partial charge in [-0.05, 0) is 32.3 Å². The minimum atomic E-state index is -0.159. The summed E-state index contributed by atoms with van der Waals surface area (Å²) in [6.45, 7) is 11.1. The topological polar surface area (TPSA) is 41.1 Å². The molecule has 0 radical (unpaired) electrons. The predicted octanol–water partition coefficient (Wildman–Crippen LogP) is 3.28. The lowest BCUT2D eigenvalue weighted by molar-refractivity contribution is -0.122. The lowest BCUT2D eigenvalue weighted by Crippen LogP contribution is -2.42. The molecular weight excluding hydrogens is 248 g/mol. The Morgan fingerprint density at radius 3 is 2.25 bits per heavy atom. The fourth-order valence-electron chi connectivity index (χ4n) is 2.22. The van der Waals surface area contributed by atoms with Crippen LogP contribution in [0.1, 0.15) is 52.6 Å². The zero-order chi connectivity index (χ0) is 15.2. The normalized spacial score (nSPS) is 13.3. The van der Waals surface area contributed by atoms with Crippen molar-refractivity contribution < 1.29 is 4.79 Å². The Bertz CT molecular complexity index is 407. The SMILES string of the molecule is CC(C)C(NCCC(=O)NC(C)(C)C)c1ccccc1. The van der Waals surface area contributed by atoms with E-state index in [1.165, 1.54) is 5.56 Å². The van der Waals surface area contributed by atoms with Gasteiger partial charge in [0, 0.05) is 24.5 Å². The molecule has 1 amide bonds. The molecule has 1 unspecified atom stereocenters. The van der Waals surface area contributed by atoms with E-state index in [0.29, 0.717) is 24.9 Å². The molecule has 1 aromatic carbocycles. The van der Waals surface area contributed by atoms with Gasteiger partial charge in [0.1, 0.15) is 0 Å². The Hall–Kier alpha value is -1.35. The highest BCUT2D eigenvalue weighted by atomic mass is 16.1. The largest absolute Gasteiger partial charge is 0.351 e. The number of hydrogen-bond donors (Lipinski definition) is 2. The van der Waals surface area contributed by atoms with Crippen molar-refractivity contribution in [3.8, 4) is 0 Å². The first-order valence-electron chi connectivity index (χ1n) is 7.39. The summed E-state index contributed by atoms with van der Waals surface area (Å²) in [6, 6.07) is 10.7. The van der Waals surface area contributed by atoms with Crippen molar-refractivity contribution >= 4 is 5.91 Å². The third kappa shape index (κ3) is 6.20. The van der Waals surface area contributed by atoms with Crippen molar-refractivity contribution in [1.29, 1.82) is 0 Å². The molecule has 0 saturated carbocycles. The second kappa shape index (κ2) is 7.44. The highest BCUT2D eigenvalue weighted by molar-refractivity contribution is 5.76. The molecule has 0 spiro atoms. The Kier molecular flexibility index (Phi) is 6.21. The molecule has 1 aromatic rings. The van der Waals surface area contributed by atoms with Gasteiger partial charge in [-0.1, -0.05) is 44.2 Å². The van der Waals surface area contributed by atoms with Crippen molar-refractivity contribution in [2.45, 2.75) is 52.6 Å². The summed E-state index contributed by atoms with van der Waals surface area (Å²) in [6.07, 6.45) is 0.507. The van der Waals surface area contributed by atoms with E-state index in [1.54, 1.807) is 0 Å². The molecule has 0 saturated heterocycles. The molecule has 1 atom stereocenters. The summed E-state index contributed by atoms with van der Waals surface area (Å²) in [4.78, 5) is 11.8. The van der Waals surface area contributed by atoms with Crippen molar-refractivity contribution in [2.24, 2.45) is 5.92 Å². The van der Waals surface area contributed by atoms with Gasteiger partial charge >= 0.3 is 0 Å². The fourth-order valence-corrected chi connectivity index (χ4v) is 2.22. The van der Waals surface area contributed by atoms with Crippen LogP contribution >= 0.6 is 0 Å². The van der Waals surface area contributed by atoms with Crippen molar-refractivity contribution in [2.75, 3.05) is 6.54 Å². The van der Waals surface area contributed by atoms with Gasteiger partial charge in [-0.25, -0.2) is 0 Å². The van der Waals surface area contributed by atoms with Gasteiger partial charge in [-0.3, -0.25) is 4.79 Å². The minimum Gasteiger partial charge on any atom is -0.351 e. The van der Waals surface area contributed by atoms with Crippen LogP contribution < -0.4 is 10.6 Å². The molecule has 0 aliphatic carbocycles. The number of carbonyl (C=O) groups is 1. The molecule has 112 valence electrons. The number of hydrogen-bond acceptors (Lipinski definition) is 2. The third-order valence-electron chi connectivity index (χ3n) is 3.06. The van der Waals surface area contributed by atoms with E-state index in [9.17, 15) is 4.79 Å². The molecular formula is C17H28N2O. The molecule has 0 aliphatic rings. The molecule has 2 N–H and O–H groups in total. The van der Waals surface area contributed by atoms with E-state index >= 15 is 0 Å². The van der Waals surface area contributed by atoms with Crippen LogP contribution in [0.25, 0.3) is 0 Å². The molecule has 1 rings (SSSR count). The van der Waals surface area contributed by atoms with E-state index in [0.717, 1.165) is 0 Å². The second-order valence-electron chi connectivity index (χ2n) is 6.63. The first-order valence-corrected chi connectivity index (χ1v) is 7.39. The maximum Gasteiger partial charge on any atom is 0.221 e. The molecule has 0 aliphatic heterocycles. The van der Waals surface area contributed by atoms with E-state index in [2.05, 4.69) is 48.7 Å². The Morgan fingerprint density at radius 2 is 1.75 bits per heavy atom. The number of carbonyl (C=O) groups excluding carboxylic acids is 1. The zero-order valence-electron chi connectivity index (χ0n) is 13.4. The number of rotatable bonds is 6. The van der Waals surface area contributed by atoms with Crippen molar-refractivity contribution in [1.82, 2.24) is 10.6 Å². The number of amides is 1. The van der Waals surface area contributed by atoms with Crippen LogP contribution in [0.5, 0.6) is 0 Å². The Labute approximate surface area is 123 Å². The Balaban J connectivity index is 2.47. The maximum atomic E-state index is 11.8. The quantitative estimate of drug-likeness (QED) is 0.837. The van der Waals surface area contributed by atoms with Crippen molar-refractivity contribution in [3.63, 3.8) is 0 Å². The van der Waals surface area contributed by atoms with Crippen LogP contribution in [0, 0.1) is 5.92 Å². The van der Waals surface area contributed by atoms with Crippen LogP contribution in [0.4, 0.5) is 0 Å². The minimum absolute atomic E-state index is 0.0977. The molecule has 0 aromatic heterocycles. The van der Waals surface area contributed by atoms with E-state index in [1.807, 2.05) is 26.8 Å². The molecule has 20 heavy (non-hydrogen) atoms. The van der Waals surface area contributed by atoms with Gasteiger partial charge < -0.3 is 10.6 Å². The summed E-state index contributed by atoms with van der Waals surface area (Å²) in [5.74, 6) is 0.587. The van der Waals surface area contributed by atoms with Crippen LogP contribution in [-0.4, -0.2) is 18.0 Å². The molecule has 3 nitrogen and oxygen atoms in total. The zero-order valence-corrected chi connectivity index (χ0v) is 13.4. The first kappa shape index (κ1) is 16.7. The highest BCUT2D eigenvalue weighted by Gasteiger charge is 2.16. The smallest absolute Gasteiger partial charge is 0.221 e. The summed E-state index contributed by atoms with van der Waals surface area (Å²) >= 11 is 0. The van der Waals surface area contributed by atoms with Crippen molar-refractivity contribution in [3.05, 3.63) is 35.9 Å². The highest BCUT2D eigenvalue weighted by Crippen LogP contribution is 2.20. The summed E-state index contributed by atoms with van der Waals surface area (Å²) in [5, 5.41) is 6.47. The van der Waals surface area contributed by atoms with Gasteiger partial charge in [0.25, 0.3) is 0 Å². The van der Waals surface area contributed by atoms with Gasteiger partial charge in [-0.2, -0.15) is 0 Å². The standard InChI is InChI=1S/C17H28N2O/c1-13(2)16(14-9-7-6-8-10-14)18-12-11-15(20)19-17(3,4)5/h6-10,13,16,18H,11-12H2,1-5H3,(H,19,20). The molecule has 0 fully saturated rings. The Morgan fingerprint density at radius 1 is 1.15 bits per heavy atom. The maximum absolute atomic E-state index is 11.8. The van der Waals surface area contributed by atoms with Crippen LogP contribution in [0.15, 0.2) is 30.3 Å². The molecule has 0 heterocycles. The van der Waals surface area contributed by atoms with Crippen LogP contribution in [0.3, 0.4) is 0 Å². The van der Waals surface area contributed by atoms with Gasteiger partial charge in [-0.15, -0.1) is 0 Å². The average Bonchev–Trinajstić information content (AvgIpc) is 2.33. The van der Waals surface area contributed by atoms with Crippen LogP contribution in [0.2, 0.25) is 0 Å². The number of nitrogens with one attached hydrogen (secondary N) is 2. The first-order chi connectivity index (χ1) is 9.29. The third-order valence-corrected chi connectivity index (χ3v) is 3.06. The average molecular weight is 276 g/mol. The van der Waals surface area contributed by atoms with Gasteiger partial charge in [0.15, 0.2) is 0 Å². The molecule has 3 heteroatoms. The van der Waals surface area contributed by atoms with Crippen LogP contribution in [-0.2, 0) is 4.79 Å².